The van der Waals surface area contributed by atoms with Crippen molar-refractivity contribution in [1.82, 2.24) is 0 Å². The summed E-state index contributed by atoms with van der Waals surface area (Å²) in [7, 11) is 1.70. The Hall–Kier alpha value is -0.860. The molecule has 0 fully saturated rings. The van der Waals surface area contributed by atoms with Gasteiger partial charge in [-0.3, -0.25) is 0 Å². The number of benzene rings is 1. The van der Waals surface area contributed by atoms with E-state index in [0.29, 0.717) is 0 Å². The molecule has 0 saturated heterocycles. The zero-order valence-electron chi connectivity index (χ0n) is 8.07. The molecule has 0 aliphatic rings. The third-order valence-corrected chi connectivity index (χ3v) is 2.03. The van der Waals surface area contributed by atoms with E-state index in [1.54, 1.807) is 7.11 Å². The highest BCUT2D eigenvalue weighted by Gasteiger charge is 2.02. The van der Waals surface area contributed by atoms with Crippen LogP contribution < -0.4 is 5.73 Å². The molecule has 0 aliphatic heterocycles. The standard InChI is InChI=1S/C11H17NO/c1-13-8-7-11(12)9-10-5-3-2-4-6-10/h2-6,11H,7-9,12H2,1H3. The predicted molar refractivity (Wildman–Crippen MR) is 54.6 cm³/mol. The van der Waals surface area contributed by atoms with Crippen LogP contribution in [-0.2, 0) is 11.2 Å². The Balaban J connectivity index is 2.32. The van der Waals surface area contributed by atoms with E-state index in [4.69, 9.17) is 10.5 Å². The minimum Gasteiger partial charge on any atom is -0.385 e. The monoisotopic (exact) mass is 179 g/mol. The average Bonchev–Trinajstić information content (AvgIpc) is 2.16. The fraction of sp³-hybridized carbons (Fsp3) is 0.455. The van der Waals surface area contributed by atoms with Gasteiger partial charge >= 0.3 is 0 Å². The molecule has 1 unspecified atom stereocenters. The van der Waals surface area contributed by atoms with Gasteiger partial charge in [-0.1, -0.05) is 30.3 Å². The van der Waals surface area contributed by atoms with Gasteiger partial charge in [-0.15, -0.1) is 0 Å². The maximum Gasteiger partial charge on any atom is 0.0477 e. The Kier molecular flexibility index (Phi) is 4.50. The third-order valence-electron chi connectivity index (χ3n) is 2.03. The average molecular weight is 179 g/mol. The number of methoxy groups -OCH3 is 1. The van der Waals surface area contributed by atoms with Gasteiger partial charge in [0, 0.05) is 19.8 Å². The van der Waals surface area contributed by atoms with Gasteiger partial charge in [0.15, 0.2) is 0 Å². The maximum atomic E-state index is 5.91. The van der Waals surface area contributed by atoms with Gasteiger partial charge in [0.05, 0.1) is 0 Å². The Bertz CT molecular complexity index is 223. The first kappa shape index (κ1) is 10.2. The molecule has 2 N–H and O–H groups in total. The Morgan fingerprint density at radius 3 is 2.62 bits per heavy atom. The normalized spacial score (nSPS) is 12.8. The van der Waals surface area contributed by atoms with Crippen LogP contribution in [0.5, 0.6) is 0 Å². The summed E-state index contributed by atoms with van der Waals surface area (Å²) in [5, 5.41) is 0. The molecule has 13 heavy (non-hydrogen) atoms. The Morgan fingerprint density at radius 2 is 2.00 bits per heavy atom. The van der Waals surface area contributed by atoms with E-state index < -0.39 is 0 Å². The molecule has 1 atom stereocenters. The summed E-state index contributed by atoms with van der Waals surface area (Å²) in [6.07, 6.45) is 1.86. The third kappa shape index (κ3) is 4.06. The van der Waals surface area contributed by atoms with Gasteiger partial charge in [-0.25, -0.2) is 0 Å². The largest absolute Gasteiger partial charge is 0.385 e. The molecule has 72 valence electrons. The van der Waals surface area contributed by atoms with Crippen molar-refractivity contribution >= 4 is 0 Å². The van der Waals surface area contributed by atoms with Gasteiger partial charge in [0.2, 0.25) is 0 Å². The van der Waals surface area contributed by atoms with Crippen molar-refractivity contribution in [3.05, 3.63) is 35.9 Å². The fourth-order valence-electron chi connectivity index (χ4n) is 1.29. The first-order chi connectivity index (χ1) is 6.33. The summed E-state index contributed by atoms with van der Waals surface area (Å²) in [4.78, 5) is 0. The zero-order chi connectivity index (χ0) is 9.52. The summed E-state index contributed by atoms with van der Waals surface area (Å²) < 4.78 is 4.97. The van der Waals surface area contributed by atoms with Crippen LogP contribution in [0.4, 0.5) is 0 Å². The summed E-state index contributed by atoms with van der Waals surface area (Å²) in [6.45, 7) is 0.744. The molecule has 0 spiro atoms. The lowest BCUT2D eigenvalue weighted by atomic mass is 10.0. The van der Waals surface area contributed by atoms with E-state index in [-0.39, 0.29) is 6.04 Å². The molecule has 0 heterocycles. The minimum atomic E-state index is 0.211. The van der Waals surface area contributed by atoms with Crippen molar-refractivity contribution in [2.24, 2.45) is 5.73 Å². The lowest BCUT2D eigenvalue weighted by Gasteiger charge is -2.10. The van der Waals surface area contributed by atoms with E-state index in [0.717, 1.165) is 19.4 Å². The van der Waals surface area contributed by atoms with Crippen LogP contribution in [-0.4, -0.2) is 19.8 Å². The highest BCUT2D eigenvalue weighted by atomic mass is 16.5. The lowest BCUT2D eigenvalue weighted by Crippen LogP contribution is -2.24. The predicted octanol–water partition coefficient (Wildman–Crippen LogP) is 1.59. The smallest absolute Gasteiger partial charge is 0.0477 e. The molecule has 1 aromatic rings. The van der Waals surface area contributed by atoms with E-state index in [1.807, 2.05) is 18.2 Å². The second-order valence-corrected chi connectivity index (χ2v) is 3.23. The molecule has 1 rings (SSSR count). The van der Waals surface area contributed by atoms with Crippen LogP contribution in [0.25, 0.3) is 0 Å². The summed E-state index contributed by atoms with van der Waals surface area (Å²) in [5.41, 5.74) is 7.21. The van der Waals surface area contributed by atoms with E-state index in [9.17, 15) is 0 Å². The van der Waals surface area contributed by atoms with Crippen LogP contribution in [0, 0.1) is 0 Å². The molecule has 0 aliphatic carbocycles. The van der Waals surface area contributed by atoms with Crippen molar-refractivity contribution in [3.8, 4) is 0 Å². The van der Waals surface area contributed by atoms with Crippen molar-refractivity contribution in [2.75, 3.05) is 13.7 Å². The summed E-state index contributed by atoms with van der Waals surface area (Å²) in [6, 6.07) is 10.5. The SMILES string of the molecule is COCCC(N)Cc1ccccc1. The Morgan fingerprint density at radius 1 is 1.31 bits per heavy atom. The second kappa shape index (κ2) is 5.73. The van der Waals surface area contributed by atoms with E-state index >= 15 is 0 Å². The molecule has 2 heteroatoms. The van der Waals surface area contributed by atoms with Gasteiger partial charge in [-0.05, 0) is 18.4 Å². The van der Waals surface area contributed by atoms with E-state index in [1.165, 1.54) is 5.56 Å². The molecule has 0 aromatic heterocycles. The van der Waals surface area contributed by atoms with Gasteiger partial charge < -0.3 is 10.5 Å². The first-order valence-corrected chi connectivity index (χ1v) is 4.61. The Labute approximate surface area is 79.7 Å². The number of rotatable bonds is 5. The second-order valence-electron chi connectivity index (χ2n) is 3.23. The van der Waals surface area contributed by atoms with Crippen LogP contribution in [0.1, 0.15) is 12.0 Å². The van der Waals surface area contributed by atoms with Gasteiger partial charge in [-0.2, -0.15) is 0 Å². The molecule has 0 amide bonds. The highest BCUT2D eigenvalue weighted by molar-refractivity contribution is 5.15. The van der Waals surface area contributed by atoms with Crippen LogP contribution in [0.2, 0.25) is 0 Å². The molecule has 0 bridgehead atoms. The number of hydrogen-bond acceptors (Lipinski definition) is 2. The lowest BCUT2D eigenvalue weighted by molar-refractivity contribution is 0.188. The van der Waals surface area contributed by atoms with Crippen LogP contribution >= 0.6 is 0 Å². The first-order valence-electron chi connectivity index (χ1n) is 4.61. The fourth-order valence-corrected chi connectivity index (χ4v) is 1.29. The van der Waals surface area contributed by atoms with Gasteiger partial charge in [0.1, 0.15) is 0 Å². The summed E-state index contributed by atoms with van der Waals surface area (Å²) >= 11 is 0. The maximum absolute atomic E-state index is 5.91. The van der Waals surface area contributed by atoms with Gasteiger partial charge in [0.25, 0.3) is 0 Å². The van der Waals surface area contributed by atoms with Crippen LogP contribution in [0.15, 0.2) is 30.3 Å². The molecule has 2 nitrogen and oxygen atoms in total. The highest BCUT2D eigenvalue weighted by Crippen LogP contribution is 2.03. The van der Waals surface area contributed by atoms with Crippen molar-refractivity contribution in [3.63, 3.8) is 0 Å². The molecule has 0 radical (unpaired) electrons. The molecule has 1 aromatic carbocycles. The van der Waals surface area contributed by atoms with E-state index in [2.05, 4.69) is 12.1 Å². The van der Waals surface area contributed by atoms with Crippen LogP contribution in [0.3, 0.4) is 0 Å². The molecular weight excluding hydrogens is 162 g/mol. The summed E-state index contributed by atoms with van der Waals surface area (Å²) in [5.74, 6) is 0. The quantitative estimate of drug-likeness (QED) is 0.745. The molecular formula is C11H17NO. The van der Waals surface area contributed by atoms with Crippen molar-refractivity contribution in [1.29, 1.82) is 0 Å². The number of nitrogens with two attached hydrogens (primary N) is 1. The minimum absolute atomic E-state index is 0.211. The number of ether oxygens (including phenoxy) is 1. The molecule has 0 saturated carbocycles. The zero-order valence-corrected chi connectivity index (χ0v) is 8.07. The topological polar surface area (TPSA) is 35.2 Å². The number of hydrogen-bond donors (Lipinski definition) is 1. The van der Waals surface area contributed by atoms with Crippen molar-refractivity contribution in [2.45, 2.75) is 18.9 Å². The van der Waals surface area contributed by atoms with Crippen molar-refractivity contribution < 1.29 is 4.74 Å².